The highest BCUT2D eigenvalue weighted by atomic mass is 15.0. The molecule has 4 heteroatoms. The quantitative estimate of drug-likeness (QED) is 0.179. The number of hydrogen-bond donors (Lipinski definition) is 0. The van der Waals surface area contributed by atoms with Gasteiger partial charge in [-0.3, -0.25) is 4.40 Å². The van der Waals surface area contributed by atoms with Crippen LogP contribution in [0.4, 0.5) is 0 Å². The Labute approximate surface area is 292 Å². The van der Waals surface area contributed by atoms with E-state index >= 15 is 0 Å². The van der Waals surface area contributed by atoms with Crippen molar-refractivity contribution in [3.63, 3.8) is 0 Å². The van der Waals surface area contributed by atoms with E-state index in [1.54, 1.807) is 0 Å². The molecule has 236 valence electrons. The Morgan fingerprint density at radius 2 is 0.922 bits per heavy atom. The van der Waals surface area contributed by atoms with Crippen molar-refractivity contribution < 1.29 is 0 Å². The van der Waals surface area contributed by atoms with E-state index in [2.05, 4.69) is 162 Å². The first-order chi connectivity index (χ1) is 25.3. The van der Waals surface area contributed by atoms with Crippen molar-refractivity contribution in [2.75, 3.05) is 0 Å². The maximum Gasteiger partial charge on any atom is 0.160 e. The van der Waals surface area contributed by atoms with Gasteiger partial charge in [-0.1, -0.05) is 146 Å². The van der Waals surface area contributed by atoms with Crippen LogP contribution in [0.3, 0.4) is 0 Å². The Bertz CT molecular complexity index is 3160. The summed E-state index contributed by atoms with van der Waals surface area (Å²) in [5.74, 6) is 0.689. The fourth-order valence-corrected chi connectivity index (χ4v) is 8.02. The van der Waals surface area contributed by atoms with Crippen LogP contribution in [0, 0.1) is 0 Å². The summed E-state index contributed by atoms with van der Waals surface area (Å²) in [5.41, 5.74) is 9.91. The third kappa shape index (κ3) is 4.17. The van der Waals surface area contributed by atoms with Crippen LogP contribution in [-0.4, -0.2) is 19.4 Å². The Kier molecular flexibility index (Phi) is 5.92. The van der Waals surface area contributed by atoms with Gasteiger partial charge in [-0.15, -0.1) is 0 Å². The third-order valence-corrected chi connectivity index (χ3v) is 10.3. The van der Waals surface area contributed by atoms with Gasteiger partial charge in [-0.2, -0.15) is 0 Å². The Morgan fingerprint density at radius 1 is 0.353 bits per heavy atom. The van der Waals surface area contributed by atoms with Crippen molar-refractivity contribution >= 4 is 70.8 Å². The summed E-state index contributed by atoms with van der Waals surface area (Å²) < 4.78 is 2.25. The van der Waals surface area contributed by atoms with Crippen molar-refractivity contribution in [2.24, 2.45) is 0 Å². The number of imidazole rings is 1. The summed E-state index contributed by atoms with van der Waals surface area (Å²) in [6.07, 6.45) is 0. The van der Waals surface area contributed by atoms with E-state index in [0.29, 0.717) is 5.82 Å². The summed E-state index contributed by atoms with van der Waals surface area (Å²) in [5, 5.41) is 9.73. The lowest BCUT2D eigenvalue weighted by Crippen LogP contribution is -2.01. The van der Waals surface area contributed by atoms with Crippen molar-refractivity contribution in [1.82, 2.24) is 19.4 Å². The zero-order valence-electron chi connectivity index (χ0n) is 27.5. The minimum atomic E-state index is 0.689. The van der Waals surface area contributed by atoms with Gasteiger partial charge >= 0.3 is 0 Å². The molecule has 0 N–H and O–H groups in total. The molecule has 3 aromatic heterocycles. The molecule has 0 atom stereocenters. The summed E-state index contributed by atoms with van der Waals surface area (Å²) in [6.45, 7) is 0. The second-order valence-electron chi connectivity index (χ2n) is 13.2. The first-order valence-electron chi connectivity index (χ1n) is 17.3. The van der Waals surface area contributed by atoms with Gasteiger partial charge in [-0.25, -0.2) is 15.0 Å². The van der Waals surface area contributed by atoms with E-state index in [0.717, 1.165) is 66.4 Å². The smallest absolute Gasteiger partial charge is 0.160 e. The molecular weight excluding hydrogens is 621 g/mol. The van der Waals surface area contributed by atoms with Crippen LogP contribution in [0.2, 0.25) is 0 Å². The minimum absolute atomic E-state index is 0.689. The third-order valence-electron chi connectivity index (χ3n) is 10.3. The predicted octanol–water partition coefficient (Wildman–Crippen LogP) is 12.0. The van der Waals surface area contributed by atoms with Gasteiger partial charge in [0.15, 0.2) is 5.82 Å². The number of nitrogens with zero attached hydrogens (tertiary/aromatic N) is 4. The fourth-order valence-electron chi connectivity index (χ4n) is 8.02. The summed E-state index contributed by atoms with van der Waals surface area (Å²) in [4.78, 5) is 15.9. The van der Waals surface area contributed by atoms with Crippen molar-refractivity contribution in [1.29, 1.82) is 0 Å². The number of fused-ring (bicyclic) bond motifs is 14. The van der Waals surface area contributed by atoms with Gasteiger partial charge < -0.3 is 0 Å². The average Bonchev–Trinajstić information content (AvgIpc) is 3.61. The Balaban J connectivity index is 1.18. The topological polar surface area (TPSA) is 43.1 Å². The number of hydrogen-bond acceptors (Lipinski definition) is 3. The summed E-state index contributed by atoms with van der Waals surface area (Å²) >= 11 is 0. The summed E-state index contributed by atoms with van der Waals surface area (Å²) in [7, 11) is 0. The SMILES string of the molecule is c1ccc(-c2nc(-c3cccc(-c4ccc5c6ccccc6c6ccccc6c5c4)c3)nc3c4ccccc4c4nc5ccccc5n4c23)cc1. The molecule has 0 saturated carbocycles. The standard InChI is InChI=1S/C47H28N4/c1-2-13-29(14-3-1)43-45-44(38-21-8-9-22-39(38)47-48-41-23-10-11-24-42(41)51(45)47)50-46(49-43)32-16-12-15-30(27-32)31-25-26-37-35-19-5-4-17-33(35)34-18-6-7-20-36(34)40(37)28-31/h1-28H. The van der Waals surface area contributed by atoms with Gasteiger partial charge in [0.05, 0.1) is 22.2 Å². The summed E-state index contributed by atoms with van der Waals surface area (Å²) in [6, 6.07) is 60.2. The highest BCUT2D eigenvalue weighted by Crippen LogP contribution is 2.39. The van der Waals surface area contributed by atoms with E-state index < -0.39 is 0 Å². The van der Waals surface area contributed by atoms with Crippen LogP contribution in [-0.2, 0) is 0 Å². The second kappa shape index (κ2) is 10.8. The number of rotatable bonds is 3. The second-order valence-corrected chi connectivity index (χ2v) is 13.2. The van der Waals surface area contributed by atoms with E-state index in [9.17, 15) is 0 Å². The average molecular weight is 649 g/mol. The molecule has 0 aliphatic carbocycles. The predicted molar refractivity (Wildman–Crippen MR) is 212 cm³/mol. The van der Waals surface area contributed by atoms with Gasteiger partial charge in [0.2, 0.25) is 0 Å². The minimum Gasteiger partial charge on any atom is -0.288 e. The van der Waals surface area contributed by atoms with Gasteiger partial charge in [0, 0.05) is 21.9 Å². The Hall–Kier alpha value is -6.91. The highest BCUT2D eigenvalue weighted by molar-refractivity contribution is 6.25. The molecule has 51 heavy (non-hydrogen) atoms. The van der Waals surface area contributed by atoms with E-state index in [4.69, 9.17) is 15.0 Å². The molecule has 0 spiro atoms. The van der Waals surface area contributed by atoms with Gasteiger partial charge in [0.25, 0.3) is 0 Å². The molecule has 0 aliphatic heterocycles. The maximum atomic E-state index is 5.40. The number of pyridine rings is 1. The normalized spacial score (nSPS) is 11.9. The van der Waals surface area contributed by atoms with E-state index in [1.807, 2.05) is 12.1 Å². The lowest BCUT2D eigenvalue weighted by atomic mass is 9.92. The molecule has 0 unspecified atom stereocenters. The first-order valence-corrected chi connectivity index (χ1v) is 17.3. The number of benzene rings is 8. The molecular formula is C47H28N4. The molecule has 0 bridgehead atoms. The van der Waals surface area contributed by atoms with Crippen LogP contribution >= 0.6 is 0 Å². The van der Waals surface area contributed by atoms with Crippen LogP contribution < -0.4 is 0 Å². The largest absolute Gasteiger partial charge is 0.288 e. The first kappa shape index (κ1) is 28.0. The lowest BCUT2D eigenvalue weighted by Gasteiger charge is -2.15. The molecule has 8 aromatic carbocycles. The zero-order chi connectivity index (χ0) is 33.5. The van der Waals surface area contributed by atoms with Gasteiger partial charge in [-0.05, 0) is 67.7 Å². The van der Waals surface area contributed by atoms with Gasteiger partial charge in [0.1, 0.15) is 11.2 Å². The van der Waals surface area contributed by atoms with Crippen LogP contribution in [0.15, 0.2) is 170 Å². The van der Waals surface area contributed by atoms with Crippen molar-refractivity contribution in [3.8, 4) is 33.8 Å². The van der Waals surface area contributed by atoms with Crippen molar-refractivity contribution in [2.45, 2.75) is 0 Å². The molecule has 0 amide bonds. The number of aromatic nitrogens is 4. The molecule has 4 nitrogen and oxygen atoms in total. The van der Waals surface area contributed by atoms with Crippen molar-refractivity contribution in [3.05, 3.63) is 170 Å². The molecule has 0 radical (unpaired) electrons. The molecule has 11 aromatic rings. The van der Waals surface area contributed by atoms with Crippen LogP contribution in [0.25, 0.3) is 105 Å². The maximum absolute atomic E-state index is 5.40. The van der Waals surface area contributed by atoms with E-state index in [-0.39, 0.29) is 0 Å². The zero-order valence-corrected chi connectivity index (χ0v) is 27.5. The molecule has 0 fully saturated rings. The fraction of sp³-hybridized carbons (Fsp3) is 0. The number of para-hydroxylation sites is 2. The monoisotopic (exact) mass is 648 g/mol. The van der Waals surface area contributed by atoms with Crippen LogP contribution in [0.5, 0.6) is 0 Å². The highest BCUT2D eigenvalue weighted by Gasteiger charge is 2.21. The van der Waals surface area contributed by atoms with E-state index in [1.165, 1.54) is 32.3 Å². The molecule has 3 heterocycles. The molecule has 0 aliphatic rings. The molecule has 0 saturated heterocycles. The lowest BCUT2D eigenvalue weighted by molar-refractivity contribution is 1.19. The van der Waals surface area contributed by atoms with Crippen LogP contribution in [0.1, 0.15) is 0 Å². The molecule has 11 rings (SSSR count). The Morgan fingerprint density at radius 3 is 1.69 bits per heavy atom.